The SMILES string of the molecule is CS(=O)(=O)CC(CN1CCCCCC1)C(=O)O. The molecule has 1 rings (SSSR count). The maximum absolute atomic E-state index is 11.2. The Balaban J connectivity index is 2.56. The zero-order chi connectivity index (χ0) is 12.9. The van der Waals surface area contributed by atoms with Crippen LogP contribution in [0.3, 0.4) is 0 Å². The summed E-state index contributed by atoms with van der Waals surface area (Å²) in [7, 11) is -3.24. The van der Waals surface area contributed by atoms with Crippen molar-refractivity contribution >= 4 is 15.8 Å². The van der Waals surface area contributed by atoms with E-state index in [0.717, 1.165) is 32.2 Å². The Kier molecular flexibility index (Phi) is 5.39. The molecule has 6 heteroatoms. The van der Waals surface area contributed by atoms with E-state index in [2.05, 4.69) is 4.90 Å². The number of rotatable bonds is 5. The van der Waals surface area contributed by atoms with Gasteiger partial charge in [-0.25, -0.2) is 8.42 Å². The average molecular weight is 263 g/mol. The lowest BCUT2D eigenvalue weighted by Crippen LogP contribution is -2.37. The minimum absolute atomic E-state index is 0.265. The molecule has 1 aliphatic heterocycles. The molecule has 100 valence electrons. The van der Waals surface area contributed by atoms with Crippen molar-refractivity contribution in [2.75, 3.05) is 31.6 Å². The van der Waals surface area contributed by atoms with Crippen molar-refractivity contribution in [3.63, 3.8) is 0 Å². The first kappa shape index (κ1) is 14.4. The van der Waals surface area contributed by atoms with Crippen molar-refractivity contribution in [2.24, 2.45) is 5.92 Å². The van der Waals surface area contributed by atoms with Gasteiger partial charge in [-0.3, -0.25) is 4.79 Å². The molecule has 0 amide bonds. The topological polar surface area (TPSA) is 74.7 Å². The van der Waals surface area contributed by atoms with Gasteiger partial charge in [0.15, 0.2) is 0 Å². The van der Waals surface area contributed by atoms with Crippen LogP contribution >= 0.6 is 0 Å². The lowest BCUT2D eigenvalue weighted by Gasteiger charge is -2.23. The van der Waals surface area contributed by atoms with E-state index in [-0.39, 0.29) is 5.75 Å². The first-order chi connectivity index (χ1) is 7.88. The number of carbonyl (C=O) groups is 1. The molecule has 0 aromatic rings. The Hall–Kier alpha value is -0.620. The van der Waals surface area contributed by atoms with Crippen molar-refractivity contribution in [2.45, 2.75) is 25.7 Å². The van der Waals surface area contributed by atoms with Crippen LogP contribution in [0.15, 0.2) is 0 Å². The summed E-state index contributed by atoms with van der Waals surface area (Å²) in [6.07, 6.45) is 5.60. The van der Waals surface area contributed by atoms with Gasteiger partial charge in [-0.05, 0) is 25.9 Å². The third-order valence-electron chi connectivity index (χ3n) is 3.03. The average Bonchev–Trinajstić information content (AvgIpc) is 2.43. The predicted octanol–water partition coefficient (Wildman–Crippen LogP) is 0.608. The highest BCUT2D eigenvalue weighted by atomic mass is 32.2. The quantitative estimate of drug-likeness (QED) is 0.786. The van der Waals surface area contributed by atoms with Crippen LogP contribution in [0.1, 0.15) is 25.7 Å². The lowest BCUT2D eigenvalue weighted by molar-refractivity contribution is -0.141. The van der Waals surface area contributed by atoms with E-state index in [0.29, 0.717) is 6.54 Å². The maximum atomic E-state index is 11.2. The van der Waals surface area contributed by atoms with E-state index in [9.17, 15) is 13.2 Å². The number of hydrogen-bond acceptors (Lipinski definition) is 4. The van der Waals surface area contributed by atoms with Crippen molar-refractivity contribution in [1.29, 1.82) is 0 Å². The molecule has 1 unspecified atom stereocenters. The summed E-state index contributed by atoms with van der Waals surface area (Å²) in [5.41, 5.74) is 0. The molecule has 1 aliphatic rings. The highest BCUT2D eigenvalue weighted by Gasteiger charge is 2.25. The smallest absolute Gasteiger partial charge is 0.308 e. The molecule has 0 bridgehead atoms. The molecule has 0 aromatic heterocycles. The van der Waals surface area contributed by atoms with Gasteiger partial charge in [0.1, 0.15) is 9.84 Å². The predicted molar refractivity (Wildman–Crippen MR) is 65.7 cm³/mol. The fraction of sp³-hybridized carbons (Fsp3) is 0.909. The van der Waals surface area contributed by atoms with E-state index in [1.54, 1.807) is 0 Å². The second-order valence-electron chi connectivity index (χ2n) is 4.84. The summed E-state index contributed by atoms with van der Waals surface area (Å²) < 4.78 is 22.3. The van der Waals surface area contributed by atoms with Gasteiger partial charge in [0.25, 0.3) is 0 Å². The second kappa shape index (κ2) is 6.35. The number of aliphatic carboxylic acids is 1. The summed E-state index contributed by atoms with van der Waals surface area (Å²) in [6, 6.07) is 0. The molecular weight excluding hydrogens is 242 g/mol. The van der Waals surface area contributed by atoms with Crippen molar-refractivity contribution in [1.82, 2.24) is 4.90 Å². The fourth-order valence-electron chi connectivity index (χ4n) is 2.20. The van der Waals surface area contributed by atoms with Crippen LogP contribution in [0.25, 0.3) is 0 Å². The van der Waals surface area contributed by atoms with E-state index >= 15 is 0 Å². The van der Waals surface area contributed by atoms with Crippen LogP contribution in [0.2, 0.25) is 0 Å². The molecule has 0 radical (unpaired) electrons. The van der Waals surface area contributed by atoms with Gasteiger partial charge in [0.2, 0.25) is 0 Å². The van der Waals surface area contributed by atoms with Gasteiger partial charge in [-0.2, -0.15) is 0 Å². The normalized spacial score (nSPS) is 20.8. The first-order valence-electron chi connectivity index (χ1n) is 6.01. The summed E-state index contributed by atoms with van der Waals surface area (Å²) >= 11 is 0. The number of hydrogen-bond donors (Lipinski definition) is 1. The minimum atomic E-state index is -3.24. The Morgan fingerprint density at radius 2 is 1.76 bits per heavy atom. The van der Waals surface area contributed by atoms with Gasteiger partial charge in [-0.1, -0.05) is 12.8 Å². The fourth-order valence-corrected chi connectivity index (χ4v) is 3.18. The number of carboxylic acids is 1. The molecule has 5 nitrogen and oxygen atoms in total. The molecular formula is C11H21NO4S. The Bertz CT molecular complexity index is 344. The summed E-state index contributed by atoms with van der Waals surface area (Å²) in [5.74, 6) is -2.08. The Labute approximate surface area is 103 Å². The minimum Gasteiger partial charge on any atom is -0.481 e. The van der Waals surface area contributed by atoms with E-state index < -0.39 is 21.7 Å². The van der Waals surface area contributed by atoms with Crippen molar-refractivity contribution < 1.29 is 18.3 Å². The Morgan fingerprint density at radius 1 is 1.24 bits per heavy atom. The van der Waals surface area contributed by atoms with Crippen LogP contribution in [-0.2, 0) is 14.6 Å². The lowest BCUT2D eigenvalue weighted by atomic mass is 10.1. The highest BCUT2D eigenvalue weighted by Crippen LogP contribution is 2.12. The number of likely N-dealkylation sites (tertiary alicyclic amines) is 1. The summed E-state index contributed by atoms with van der Waals surface area (Å²) in [5, 5.41) is 9.05. The molecule has 0 aromatic carbocycles. The largest absolute Gasteiger partial charge is 0.481 e. The molecule has 0 saturated carbocycles. The molecule has 0 spiro atoms. The number of nitrogens with zero attached hydrogens (tertiary/aromatic N) is 1. The highest BCUT2D eigenvalue weighted by molar-refractivity contribution is 7.90. The monoisotopic (exact) mass is 263 g/mol. The third kappa shape index (κ3) is 6.02. The molecule has 1 atom stereocenters. The van der Waals surface area contributed by atoms with E-state index in [4.69, 9.17) is 5.11 Å². The van der Waals surface area contributed by atoms with Crippen LogP contribution in [0, 0.1) is 5.92 Å². The van der Waals surface area contributed by atoms with Gasteiger partial charge in [0.05, 0.1) is 11.7 Å². The maximum Gasteiger partial charge on any atom is 0.308 e. The van der Waals surface area contributed by atoms with Crippen LogP contribution in [0.5, 0.6) is 0 Å². The van der Waals surface area contributed by atoms with E-state index in [1.165, 1.54) is 12.8 Å². The van der Waals surface area contributed by atoms with Gasteiger partial charge >= 0.3 is 5.97 Å². The molecule has 1 N–H and O–H groups in total. The third-order valence-corrected chi connectivity index (χ3v) is 4.04. The zero-order valence-corrected chi connectivity index (χ0v) is 11.1. The number of carboxylic acid groups (broad SMARTS) is 1. The van der Waals surface area contributed by atoms with Gasteiger partial charge in [0, 0.05) is 12.8 Å². The standard InChI is InChI=1S/C11H21NO4S/c1-17(15,16)9-10(11(13)14)8-12-6-4-2-3-5-7-12/h10H,2-9H2,1H3,(H,13,14). The molecule has 1 saturated heterocycles. The molecule has 1 heterocycles. The van der Waals surface area contributed by atoms with Crippen LogP contribution in [0.4, 0.5) is 0 Å². The summed E-state index contributed by atoms with van der Waals surface area (Å²) in [6.45, 7) is 2.11. The van der Waals surface area contributed by atoms with Crippen molar-refractivity contribution in [3.05, 3.63) is 0 Å². The number of sulfone groups is 1. The van der Waals surface area contributed by atoms with Crippen molar-refractivity contribution in [3.8, 4) is 0 Å². The molecule has 17 heavy (non-hydrogen) atoms. The summed E-state index contributed by atoms with van der Waals surface area (Å²) in [4.78, 5) is 13.1. The first-order valence-corrected chi connectivity index (χ1v) is 8.07. The van der Waals surface area contributed by atoms with Crippen LogP contribution in [-0.4, -0.2) is 56.0 Å². The molecule has 1 fully saturated rings. The van der Waals surface area contributed by atoms with Gasteiger partial charge in [-0.15, -0.1) is 0 Å². The van der Waals surface area contributed by atoms with Gasteiger partial charge < -0.3 is 10.0 Å². The van der Waals surface area contributed by atoms with Crippen LogP contribution < -0.4 is 0 Å². The second-order valence-corrected chi connectivity index (χ2v) is 7.03. The zero-order valence-electron chi connectivity index (χ0n) is 10.3. The van der Waals surface area contributed by atoms with E-state index in [1.807, 2.05) is 0 Å². The Morgan fingerprint density at radius 3 is 2.18 bits per heavy atom. The molecule has 0 aliphatic carbocycles.